The molecule has 4 rings (SSSR count). The summed E-state index contributed by atoms with van der Waals surface area (Å²) in [6.45, 7) is 3.76. The number of carboxylic acids is 1. The minimum Gasteiger partial charge on any atom is -0.493 e. The van der Waals surface area contributed by atoms with Gasteiger partial charge in [-0.25, -0.2) is 4.79 Å². The van der Waals surface area contributed by atoms with Crippen molar-refractivity contribution in [2.24, 2.45) is 5.92 Å². The van der Waals surface area contributed by atoms with Crippen LogP contribution in [-0.4, -0.2) is 44.4 Å². The van der Waals surface area contributed by atoms with Crippen molar-refractivity contribution in [3.05, 3.63) is 71.0 Å². The molecular weight excluding hydrogens is 474 g/mol. The van der Waals surface area contributed by atoms with Crippen LogP contribution in [0.25, 0.3) is 0 Å². The number of aryl methyl sites for hydroxylation is 1. The third-order valence-corrected chi connectivity index (χ3v) is 7.34. The number of sulfonamides is 1. The molecule has 0 aliphatic carbocycles. The summed E-state index contributed by atoms with van der Waals surface area (Å²) in [6.07, 6.45) is 0.628. The van der Waals surface area contributed by atoms with Crippen molar-refractivity contribution in [3.63, 3.8) is 0 Å². The van der Waals surface area contributed by atoms with Gasteiger partial charge in [-0.2, -0.15) is 8.42 Å². The Hall–Kier alpha value is -3.50. The molecule has 0 saturated heterocycles. The predicted molar refractivity (Wildman–Crippen MR) is 128 cm³/mol. The van der Waals surface area contributed by atoms with Crippen LogP contribution in [0.2, 0.25) is 0 Å². The number of benzene rings is 2. The molecule has 0 fully saturated rings. The summed E-state index contributed by atoms with van der Waals surface area (Å²) in [7, 11) is -4.11. The molecule has 0 spiro atoms. The van der Waals surface area contributed by atoms with E-state index < -0.39 is 16.0 Å². The Labute approximate surface area is 203 Å². The molecule has 1 atom stereocenters. The molecule has 0 unspecified atom stereocenters. The zero-order chi connectivity index (χ0) is 25.2. The summed E-state index contributed by atoms with van der Waals surface area (Å²) >= 11 is 0. The molecule has 186 valence electrons. The van der Waals surface area contributed by atoms with Gasteiger partial charge in [0.25, 0.3) is 10.0 Å². The minimum absolute atomic E-state index is 0.00188. The van der Waals surface area contributed by atoms with Gasteiger partial charge in [0.2, 0.25) is 5.09 Å². The first kappa shape index (κ1) is 24.6. The topological polar surface area (TPSA) is 127 Å². The average Bonchev–Trinajstić information content (AvgIpc) is 3.49. The molecule has 0 amide bonds. The SMILES string of the molecule is Cc1ccc(S(=O)(=O)N(C[C@H](C)CO)c2cc3c(cc2OCc2ccc(C(=O)O)cc2)OCC3)o1. The lowest BCUT2D eigenvalue weighted by molar-refractivity contribution is 0.0696. The van der Waals surface area contributed by atoms with Gasteiger partial charge in [-0.15, -0.1) is 0 Å². The van der Waals surface area contributed by atoms with Crippen LogP contribution in [0, 0.1) is 12.8 Å². The van der Waals surface area contributed by atoms with Crippen molar-refractivity contribution >= 4 is 21.7 Å². The second-order valence-electron chi connectivity index (χ2n) is 8.51. The number of hydrogen-bond donors (Lipinski definition) is 2. The lowest BCUT2D eigenvalue weighted by Crippen LogP contribution is -2.36. The number of rotatable bonds is 10. The first-order valence-electron chi connectivity index (χ1n) is 11.1. The Balaban J connectivity index is 1.74. The monoisotopic (exact) mass is 501 g/mol. The molecular formula is C25H27NO8S. The Bertz CT molecular complexity index is 1310. The summed E-state index contributed by atoms with van der Waals surface area (Å²) in [6, 6.07) is 12.6. The summed E-state index contributed by atoms with van der Waals surface area (Å²) in [4.78, 5) is 11.1. The Morgan fingerprint density at radius 1 is 1.17 bits per heavy atom. The largest absolute Gasteiger partial charge is 0.493 e. The van der Waals surface area contributed by atoms with Crippen molar-refractivity contribution in [3.8, 4) is 11.5 Å². The number of aliphatic hydroxyl groups is 1. The molecule has 1 aliphatic heterocycles. The quantitative estimate of drug-likeness (QED) is 0.431. The van der Waals surface area contributed by atoms with Gasteiger partial charge in [0.1, 0.15) is 23.9 Å². The van der Waals surface area contributed by atoms with E-state index in [9.17, 15) is 18.3 Å². The van der Waals surface area contributed by atoms with E-state index in [4.69, 9.17) is 19.0 Å². The summed E-state index contributed by atoms with van der Waals surface area (Å²) < 4.78 is 45.6. The molecule has 9 nitrogen and oxygen atoms in total. The van der Waals surface area contributed by atoms with Crippen molar-refractivity contribution in [1.82, 2.24) is 0 Å². The van der Waals surface area contributed by atoms with Crippen LogP contribution in [0.15, 0.2) is 58.0 Å². The third-order valence-electron chi connectivity index (χ3n) is 5.68. The van der Waals surface area contributed by atoms with E-state index in [0.29, 0.717) is 35.8 Å². The van der Waals surface area contributed by atoms with Crippen LogP contribution in [-0.2, 0) is 23.1 Å². The molecule has 10 heteroatoms. The normalized spacial score (nSPS) is 13.7. The van der Waals surface area contributed by atoms with E-state index >= 15 is 0 Å². The average molecular weight is 502 g/mol. The van der Waals surface area contributed by atoms with Crippen LogP contribution in [0.4, 0.5) is 5.69 Å². The van der Waals surface area contributed by atoms with Crippen molar-refractivity contribution in [2.45, 2.75) is 32.0 Å². The molecule has 35 heavy (non-hydrogen) atoms. The highest BCUT2D eigenvalue weighted by Gasteiger charge is 2.33. The highest BCUT2D eigenvalue weighted by Crippen LogP contribution is 2.41. The minimum atomic E-state index is -4.11. The number of anilines is 1. The van der Waals surface area contributed by atoms with Gasteiger partial charge in [0, 0.05) is 25.6 Å². The smallest absolute Gasteiger partial charge is 0.335 e. The van der Waals surface area contributed by atoms with E-state index in [-0.39, 0.29) is 42.1 Å². The van der Waals surface area contributed by atoms with Gasteiger partial charge in [-0.05, 0) is 54.3 Å². The zero-order valence-corrected chi connectivity index (χ0v) is 20.2. The fraction of sp³-hybridized carbons (Fsp3) is 0.320. The second-order valence-corrected chi connectivity index (χ2v) is 10.3. The molecule has 2 N–H and O–H groups in total. The van der Waals surface area contributed by atoms with Gasteiger partial charge in [-0.1, -0.05) is 19.1 Å². The molecule has 0 saturated carbocycles. The summed E-state index contributed by atoms with van der Waals surface area (Å²) in [5.41, 5.74) is 2.03. The van der Waals surface area contributed by atoms with Gasteiger partial charge < -0.3 is 24.1 Å². The number of carbonyl (C=O) groups is 1. The standard InChI is InChI=1S/C25H27NO8S/c1-16(14-27)13-26(35(30,31)24-8-3-17(2)34-24)21-11-20-9-10-32-22(20)12-23(21)33-15-18-4-6-19(7-5-18)25(28)29/h3-8,11-12,16,27H,9-10,13-15H2,1-2H3,(H,28,29)/t16-/m0/s1. The van der Waals surface area contributed by atoms with Gasteiger partial charge >= 0.3 is 5.97 Å². The zero-order valence-electron chi connectivity index (χ0n) is 19.4. The summed E-state index contributed by atoms with van der Waals surface area (Å²) in [5, 5.41) is 18.6. The lowest BCUT2D eigenvalue weighted by atomic mass is 10.1. The molecule has 2 aromatic carbocycles. The molecule has 3 aromatic rings. The molecule has 0 radical (unpaired) electrons. The fourth-order valence-corrected chi connectivity index (χ4v) is 5.28. The lowest BCUT2D eigenvalue weighted by Gasteiger charge is -2.28. The van der Waals surface area contributed by atoms with E-state index in [1.807, 2.05) is 0 Å². The maximum atomic E-state index is 13.6. The van der Waals surface area contributed by atoms with Crippen molar-refractivity contribution in [2.75, 3.05) is 24.1 Å². The van der Waals surface area contributed by atoms with Crippen LogP contribution < -0.4 is 13.8 Å². The summed E-state index contributed by atoms with van der Waals surface area (Å²) in [5.74, 6) is -0.0250. The van der Waals surface area contributed by atoms with E-state index in [2.05, 4.69) is 0 Å². The molecule has 1 aliphatic rings. The van der Waals surface area contributed by atoms with Crippen LogP contribution in [0.3, 0.4) is 0 Å². The molecule has 0 bridgehead atoms. The van der Waals surface area contributed by atoms with Gasteiger partial charge in [0.15, 0.2) is 0 Å². The molecule has 1 aromatic heterocycles. The first-order valence-corrected chi connectivity index (χ1v) is 12.6. The maximum absolute atomic E-state index is 13.6. The van der Waals surface area contributed by atoms with Crippen molar-refractivity contribution in [1.29, 1.82) is 0 Å². The van der Waals surface area contributed by atoms with E-state index in [1.54, 1.807) is 44.2 Å². The highest BCUT2D eigenvalue weighted by molar-refractivity contribution is 7.92. The number of fused-ring (bicyclic) bond motifs is 1. The Morgan fingerprint density at radius 3 is 2.54 bits per heavy atom. The number of nitrogens with zero attached hydrogens (tertiary/aromatic N) is 1. The predicted octanol–water partition coefficient (Wildman–Crippen LogP) is 3.62. The van der Waals surface area contributed by atoms with Crippen LogP contribution >= 0.6 is 0 Å². The number of furan rings is 1. The second kappa shape index (κ2) is 10.0. The Kier molecular flexibility index (Phi) is 7.04. The maximum Gasteiger partial charge on any atom is 0.335 e. The van der Waals surface area contributed by atoms with Gasteiger partial charge in [-0.3, -0.25) is 4.31 Å². The Morgan fingerprint density at radius 2 is 1.91 bits per heavy atom. The third kappa shape index (κ3) is 5.28. The highest BCUT2D eigenvalue weighted by atomic mass is 32.2. The first-order chi connectivity index (χ1) is 16.7. The van der Waals surface area contributed by atoms with Gasteiger partial charge in [0.05, 0.1) is 17.9 Å². The number of aromatic carboxylic acids is 1. The molecule has 2 heterocycles. The number of carboxylic acid groups (broad SMARTS) is 1. The number of hydrogen-bond acceptors (Lipinski definition) is 7. The number of ether oxygens (including phenoxy) is 2. The van der Waals surface area contributed by atoms with E-state index in [0.717, 1.165) is 5.56 Å². The van der Waals surface area contributed by atoms with Crippen molar-refractivity contribution < 1.29 is 37.3 Å². The van der Waals surface area contributed by atoms with Crippen LogP contribution in [0.1, 0.15) is 34.2 Å². The fourth-order valence-electron chi connectivity index (χ4n) is 3.73. The number of aliphatic hydroxyl groups excluding tert-OH is 1. The van der Waals surface area contributed by atoms with Crippen LogP contribution in [0.5, 0.6) is 11.5 Å². The van der Waals surface area contributed by atoms with E-state index in [1.165, 1.54) is 22.5 Å².